The van der Waals surface area contributed by atoms with Gasteiger partial charge in [0.1, 0.15) is 5.75 Å². The molecule has 1 aliphatic heterocycles. The zero-order chi connectivity index (χ0) is 12.5. The van der Waals surface area contributed by atoms with Crippen LogP contribution < -0.4 is 4.74 Å². The molecule has 1 aromatic rings. The third kappa shape index (κ3) is 2.99. The van der Waals surface area contributed by atoms with Crippen molar-refractivity contribution in [2.75, 3.05) is 6.61 Å². The lowest BCUT2D eigenvalue weighted by Crippen LogP contribution is -2.19. The molecular weight excluding hydrogens is 216 g/mol. The smallest absolute Gasteiger partial charge is 0.303 e. The van der Waals surface area contributed by atoms with Crippen molar-refractivity contribution < 1.29 is 14.6 Å². The van der Waals surface area contributed by atoms with Crippen molar-refractivity contribution in [2.45, 2.75) is 33.1 Å². The summed E-state index contributed by atoms with van der Waals surface area (Å²) in [5.74, 6) is 0.240. The predicted octanol–water partition coefficient (Wildman–Crippen LogP) is 2.66. The number of rotatable bonds is 4. The highest BCUT2D eigenvalue weighted by atomic mass is 16.5. The lowest BCUT2D eigenvalue weighted by atomic mass is 9.82. The minimum atomic E-state index is -0.737. The third-order valence-electron chi connectivity index (χ3n) is 3.07. The Morgan fingerprint density at radius 1 is 1.47 bits per heavy atom. The van der Waals surface area contributed by atoms with Gasteiger partial charge in [0.05, 0.1) is 13.0 Å². The maximum Gasteiger partial charge on any atom is 0.303 e. The second kappa shape index (κ2) is 4.40. The number of fused-ring (bicyclic) bond motifs is 1. The second-order valence-electron chi connectivity index (χ2n) is 5.45. The fraction of sp³-hybridized carbons (Fsp3) is 0.500. The van der Waals surface area contributed by atoms with Gasteiger partial charge in [-0.25, -0.2) is 0 Å². The summed E-state index contributed by atoms with van der Waals surface area (Å²) in [5.41, 5.74) is 2.23. The minimum absolute atomic E-state index is 0.195. The van der Waals surface area contributed by atoms with Crippen LogP contribution in [0.5, 0.6) is 5.75 Å². The number of carboxylic acid groups (broad SMARTS) is 1. The molecule has 0 saturated carbocycles. The van der Waals surface area contributed by atoms with Gasteiger partial charge in [0.25, 0.3) is 0 Å². The largest absolute Gasteiger partial charge is 0.493 e. The summed E-state index contributed by atoms with van der Waals surface area (Å²) in [6.07, 6.45) is 1.94. The molecule has 0 aromatic heterocycles. The van der Waals surface area contributed by atoms with E-state index in [4.69, 9.17) is 9.84 Å². The Morgan fingerprint density at radius 2 is 2.24 bits per heavy atom. The fourth-order valence-corrected chi connectivity index (χ4v) is 2.37. The zero-order valence-electron chi connectivity index (χ0n) is 10.3. The first-order valence-corrected chi connectivity index (χ1v) is 5.93. The Hall–Kier alpha value is -1.51. The predicted molar refractivity (Wildman–Crippen MR) is 65.4 cm³/mol. The normalized spacial score (nSPS) is 14.2. The van der Waals surface area contributed by atoms with E-state index >= 15 is 0 Å². The highest BCUT2D eigenvalue weighted by Gasteiger charge is 2.23. The number of hydrogen-bond acceptors (Lipinski definition) is 2. The van der Waals surface area contributed by atoms with E-state index in [2.05, 4.69) is 6.07 Å². The summed E-state index contributed by atoms with van der Waals surface area (Å²) in [6.45, 7) is 4.74. The van der Waals surface area contributed by atoms with Crippen molar-refractivity contribution in [3.05, 3.63) is 29.3 Å². The van der Waals surface area contributed by atoms with Gasteiger partial charge in [-0.3, -0.25) is 4.79 Å². The third-order valence-corrected chi connectivity index (χ3v) is 3.07. The lowest BCUT2D eigenvalue weighted by Gasteiger charge is -2.22. The van der Waals surface area contributed by atoms with Crippen molar-refractivity contribution in [1.29, 1.82) is 0 Å². The first-order valence-electron chi connectivity index (χ1n) is 5.93. The van der Waals surface area contributed by atoms with Crippen LogP contribution in [0.2, 0.25) is 0 Å². The Balaban J connectivity index is 2.11. The van der Waals surface area contributed by atoms with E-state index < -0.39 is 5.97 Å². The highest BCUT2D eigenvalue weighted by molar-refractivity contribution is 5.67. The number of carbonyl (C=O) groups is 1. The lowest BCUT2D eigenvalue weighted by molar-refractivity contribution is -0.139. The van der Waals surface area contributed by atoms with Gasteiger partial charge in [-0.05, 0) is 29.0 Å². The van der Waals surface area contributed by atoms with Crippen LogP contribution in [0, 0.1) is 5.41 Å². The SMILES string of the molecule is CC(C)(CC(=O)O)Cc1ccc2c(c1)CCO2. The van der Waals surface area contributed by atoms with Gasteiger partial charge in [-0.15, -0.1) is 0 Å². The summed E-state index contributed by atoms with van der Waals surface area (Å²) in [7, 11) is 0. The molecule has 0 atom stereocenters. The van der Waals surface area contributed by atoms with Crippen molar-refractivity contribution in [1.82, 2.24) is 0 Å². The first-order chi connectivity index (χ1) is 7.96. The van der Waals surface area contributed by atoms with Crippen LogP contribution in [0.15, 0.2) is 18.2 Å². The number of aliphatic carboxylic acids is 1. The minimum Gasteiger partial charge on any atom is -0.493 e. The van der Waals surface area contributed by atoms with E-state index in [1.807, 2.05) is 26.0 Å². The molecular formula is C14H18O3. The molecule has 0 bridgehead atoms. The molecule has 0 spiro atoms. The summed E-state index contributed by atoms with van der Waals surface area (Å²) < 4.78 is 5.45. The molecule has 0 fully saturated rings. The Kier molecular flexibility index (Phi) is 3.09. The number of benzene rings is 1. The molecule has 0 unspecified atom stereocenters. The molecule has 3 heteroatoms. The second-order valence-corrected chi connectivity index (χ2v) is 5.45. The zero-order valence-corrected chi connectivity index (χ0v) is 10.3. The van der Waals surface area contributed by atoms with Crippen LogP contribution >= 0.6 is 0 Å². The van der Waals surface area contributed by atoms with Gasteiger partial charge in [-0.1, -0.05) is 26.0 Å². The number of ether oxygens (including phenoxy) is 1. The summed E-state index contributed by atoms with van der Waals surface area (Å²) in [6, 6.07) is 6.17. The van der Waals surface area contributed by atoms with E-state index in [0.717, 1.165) is 25.2 Å². The molecule has 0 amide bonds. The Morgan fingerprint density at radius 3 is 2.94 bits per heavy atom. The van der Waals surface area contributed by atoms with E-state index in [1.165, 1.54) is 11.1 Å². The standard InChI is InChI=1S/C14H18O3/c1-14(2,9-13(15)16)8-10-3-4-12-11(7-10)5-6-17-12/h3-4,7H,5-6,8-9H2,1-2H3,(H,15,16). The summed E-state index contributed by atoms with van der Waals surface area (Å²) in [5, 5.41) is 8.86. The first kappa shape index (κ1) is 12.0. The highest BCUT2D eigenvalue weighted by Crippen LogP contribution is 2.30. The van der Waals surface area contributed by atoms with Gasteiger partial charge < -0.3 is 9.84 Å². The van der Waals surface area contributed by atoms with Crippen LogP contribution in [-0.4, -0.2) is 17.7 Å². The van der Waals surface area contributed by atoms with Crippen molar-refractivity contribution in [2.24, 2.45) is 5.41 Å². The molecule has 3 nitrogen and oxygen atoms in total. The van der Waals surface area contributed by atoms with Crippen LogP contribution in [0.4, 0.5) is 0 Å². The van der Waals surface area contributed by atoms with E-state index in [-0.39, 0.29) is 11.8 Å². The topological polar surface area (TPSA) is 46.5 Å². The van der Waals surface area contributed by atoms with Gasteiger partial charge >= 0.3 is 5.97 Å². The molecule has 1 heterocycles. The Labute approximate surface area is 101 Å². The van der Waals surface area contributed by atoms with Gasteiger partial charge in [0.2, 0.25) is 0 Å². The summed E-state index contributed by atoms with van der Waals surface area (Å²) >= 11 is 0. The molecule has 1 N–H and O–H groups in total. The van der Waals surface area contributed by atoms with Crippen LogP contribution in [0.1, 0.15) is 31.4 Å². The monoisotopic (exact) mass is 234 g/mol. The molecule has 0 aliphatic carbocycles. The molecule has 2 rings (SSSR count). The molecule has 17 heavy (non-hydrogen) atoms. The maximum absolute atomic E-state index is 10.8. The summed E-state index contributed by atoms with van der Waals surface area (Å²) in [4.78, 5) is 10.8. The van der Waals surface area contributed by atoms with Crippen molar-refractivity contribution in [3.63, 3.8) is 0 Å². The van der Waals surface area contributed by atoms with Crippen LogP contribution in [0.25, 0.3) is 0 Å². The molecule has 1 aromatic carbocycles. The number of carboxylic acids is 1. The number of hydrogen-bond donors (Lipinski definition) is 1. The van der Waals surface area contributed by atoms with Crippen molar-refractivity contribution in [3.8, 4) is 5.75 Å². The fourth-order valence-electron chi connectivity index (χ4n) is 2.37. The van der Waals surface area contributed by atoms with Crippen molar-refractivity contribution >= 4 is 5.97 Å². The van der Waals surface area contributed by atoms with E-state index in [1.54, 1.807) is 0 Å². The van der Waals surface area contributed by atoms with E-state index in [0.29, 0.717) is 0 Å². The average molecular weight is 234 g/mol. The molecule has 92 valence electrons. The maximum atomic E-state index is 10.8. The van der Waals surface area contributed by atoms with E-state index in [9.17, 15) is 4.79 Å². The van der Waals surface area contributed by atoms with Gasteiger partial charge in [0, 0.05) is 6.42 Å². The van der Waals surface area contributed by atoms with Gasteiger partial charge in [-0.2, -0.15) is 0 Å². The average Bonchev–Trinajstić information content (AvgIpc) is 2.61. The Bertz CT molecular complexity index is 435. The van der Waals surface area contributed by atoms with Crippen LogP contribution in [0.3, 0.4) is 0 Å². The molecule has 0 radical (unpaired) electrons. The molecule has 1 aliphatic rings. The quantitative estimate of drug-likeness (QED) is 0.871. The molecule has 0 saturated heterocycles. The van der Waals surface area contributed by atoms with Gasteiger partial charge in [0.15, 0.2) is 0 Å². The van der Waals surface area contributed by atoms with Crippen LogP contribution in [-0.2, 0) is 17.6 Å².